The molecule has 4 heteroatoms. The summed E-state index contributed by atoms with van der Waals surface area (Å²) in [4.78, 5) is 3.62. The van der Waals surface area contributed by atoms with Gasteiger partial charge in [0.25, 0.3) is 0 Å². The zero-order chi connectivity index (χ0) is 16.5. The minimum Gasteiger partial charge on any atom is -0.497 e. The predicted octanol–water partition coefficient (Wildman–Crippen LogP) is 3.61. The zero-order valence-corrected chi connectivity index (χ0v) is 14.1. The number of fused-ring (bicyclic) bond motifs is 3. The summed E-state index contributed by atoms with van der Waals surface area (Å²) in [5.41, 5.74) is 5.11. The average molecular weight is 322 g/mol. The summed E-state index contributed by atoms with van der Waals surface area (Å²) in [5, 5.41) is 4.99. The molecule has 1 aliphatic rings. The van der Waals surface area contributed by atoms with Crippen LogP contribution in [0.15, 0.2) is 42.5 Å². The minimum absolute atomic E-state index is 0.252. The molecule has 1 unspecified atom stereocenters. The highest BCUT2D eigenvalue weighted by Crippen LogP contribution is 2.34. The first-order valence-corrected chi connectivity index (χ1v) is 8.34. The molecule has 1 aromatic heterocycles. The Balaban J connectivity index is 1.72. The predicted molar refractivity (Wildman–Crippen MR) is 96.0 cm³/mol. The Morgan fingerprint density at radius 3 is 2.79 bits per heavy atom. The van der Waals surface area contributed by atoms with Crippen LogP contribution < -0.4 is 14.8 Å². The fourth-order valence-corrected chi connectivity index (χ4v) is 3.70. The van der Waals surface area contributed by atoms with Crippen molar-refractivity contribution in [3.05, 3.63) is 59.3 Å². The van der Waals surface area contributed by atoms with Gasteiger partial charge in [-0.25, -0.2) is 0 Å². The van der Waals surface area contributed by atoms with Crippen LogP contribution in [0.2, 0.25) is 0 Å². The van der Waals surface area contributed by atoms with Gasteiger partial charge in [0.05, 0.1) is 20.3 Å². The van der Waals surface area contributed by atoms with Crippen molar-refractivity contribution in [2.45, 2.75) is 18.9 Å². The van der Waals surface area contributed by atoms with E-state index in [4.69, 9.17) is 9.47 Å². The molecule has 0 bridgehead atoms. The summed E-state index contributed by atoms with van der Waals surface area (Å²) >= 11 is 0. The van der Waals surface area contributed by atoms with Crippen LogP contribution in [0.25, 0.3) is 10.9 Å². The molecular weight excluding hydrogens is 300 g/mol. The minimum atomic E-state index is 0.252. The Bertz CT molecular complexity index is 869. The third-order valence-electron chi connectivity index (χ3n) is 4.87. The lowest BCUT2D eigenvalue weighted by Gasteiger charge is -2.25. The van der Waals surface area contributed by atoms with Crippen LogP contribution in [0, 0.1) is 0 Å². The van der Waals surface area contributed by atoms with E-state index in [0.717, 1.165) is 36.4 Å². The quantitative estimate of drug-likeness (QED) is 0.771. The van der Waals surface area contributed by atoms with Crippen LogP contribution in [0.3, 0.4) is 0 Å². The molecule has 0 fully saturated rings. The second kappa shape index (κ2) is 6.21. The lowest BCUT2D eigenvalue weighted by atomic mass is 9.94. The molecule has 1 atom stereocenters. The summed E-state index contributed by atoms with van der Waals surface area (Å²) in [7, 11) is 3.41. The number of ether oxygens (including phenoxy) is 2. The van der Waals surface area contributed by atoms with Crippen molar-refractivity contribution in [2.75, 3.05) is 20.8 Å². The van der Waals surface area contributed by atoms with E-state index in [1.54, 1.807) is 14.2 Å². The topological polar surface area (TPSA) is 46.3 Å². The van der Waals surface area contributed by atoms with E-state index in [1.807, 2.05) is 12.1 Å². The molecule has 2 heterocycles. The first kappa shape index (κ1) is 15.1. The van der Waals surface area contributed by atoms with Gasteiger partial charge in [-0.05, 0) is 54.8 Å². The molecule has 4 nitrogen and oxygen atoms in total. The number of para-hydroxylation sites is 1. The number of aromatic amines is 1. The molecule has 2 aromatic carbocycles. The summed E-state index contributed by atoms with van der Waals surface area (Å²) in [6.45, 7) is 0.992. The lowest BCUT2D eigenvalue weighted by molar-refractivity contribution is 0.393. The smallest absolute Gasteiger partial charge is 0.122 e. The Hall–Kier alpha value is -2.46. The number of hydrogen-bond acceptors (Lipinski definition) is 3. The Labute approximate surface area is 141 Å². The van der Waals surface area contributed by atoms with E-state index in [-0.39, 0.29) is 6.04 Å². The van der Waals surface area contributed by atoms with E-state index in [2.05, 4.69) is 40.6 Å². The second-order valence-corrected chi connectivity index (χ2v) is 6.20. The van der Waals surface area contributed by atoms with E-state index in [9.17, 15) is 0 Å². The molecule has 124 valence electrons. The van der Waals surface area contributed by atoms with Gasteiger partial charge in [0.2, 0.25) is 0 Å². The van der Waals surface area contributed by atoms with Gasteiger partial charge in [-0.3, -0.25) is 0 Å². The summed E-state index contributed by atoms with van der Waals surface area (Å²) < 4.78 is 10.9. The molecule has 0 aliphatic carbocycles. The molecule has 0 amide bonds. The van der Waals surface area contributed by atoms with Gasteiger partial charge in [-0.15, -0.1) is 0 Å². The van der Waals surface area contributed by atoms with E-state index < -0.39 is 0 Å². The molecule has 0 radical (unpaired) electrons. The Morgan fingerprint density at radius 1 is 1.08 bits per heavy atom. The summed E-state index contributed by atoms with van der Waals surface area (Å²) in [5.74, 6) is 1.76. The highest BCUT2D eigenvalue weighted by molar-refractivity contribution is 5.85. The molecule has 3 aromatic rings. The number of methoxy groups -OCH3 is 2. The van der Waals surface area contributed by atoms with E-state index in [1.165, 1.54) is 22.2 Å². The van der Waals surface area contributed by atoms with Crippen molar-refractivity contribution >= 4 is 10.9 Å². The van der Waals surface area contributed by atoms with Crippen LogP contribution >= 0.6 is 0 Å². The van der Waals surface area contributed by atoms with Gasteiger partial charge in [0, 0.05) is 16.6 Å². The lowest BCUT2D eigenvalue weighted by Crippen LogP contribution is -2.31. The molecule has 0 spiro atoms. The molecule has 2 N–H and O–H groups in total. The molecule has 1 aliphatic heterocycles. The fraction of sp³-hybridized carbons (Fsp3) is 0.300. The monoisotopic (exact) mass is 322 g/mol. The van der Waals surface area contributed by atoms with E-state index in [0.29, 0.717) is 0 Å². The standard InChI is InChI=1S/C20H22N2O2/c1-23-14-7-8-19(24-2)13(11-14)12-18-20-16(9-10-21-18)15-5-3-4-6-17(15)22-20/h3-8,11,18,21-22H,9-10,12H2,1-2H3. The zero-order valence-electron chi connectivity index (χ0n) is 14.1. The SMILES string of the molecule is COc1ccc(OC)c(CC2NCCc3c2[nH]c2ccccc32)c1. The molecule has 0 saturated heterocycles. The molecular formula is C20H22N2O2. The number of aromatic nitrogens is 1. The molecule has 0 saturated carbocycles. The van der Waals surface area contributed by atoms with Gasteiger partial charge in [0.1, 0.15) is 11.5 Å². The van der Waals surface area contributed by atoms with Crippen molar-refractivity contribution in [3.8, 4) is 11.5 Å². The number of rotatable bonds is 4. The first-order chi connectivity index (χ1) is 11.8. The maximum absolute atomic E-state index is 5.54. The van der Waals surface area contributed by atoms with Gasteiger partial charge < -0.3 is 19.8 Å². The van der Waals surface area contributed by atoms with Crippen molar-refractivity contribution in [1.82, 2.24) is 10.3 Å². The normalized spacial score (nSPS) is 16.8. The number of hydrogen-bond donors (Lipinski definition) is 2. The van der Waals surface area contributed by atoms with Crippen LogP contribution in [-0.4, -0.2) is 25.7 Å². The van der Waals surface area contributed by atoms with Crippen molar-refractivity contribution in [3.63, 3.8) is 0 Å². The second-order valence-electron chi connectivity index (χ2n) is 6.20. The highest BCUT2D eigenvalue weighted by atomic mass is 16.5. The van der Waals surface area contributed by atoms with Gasteiger partial charge in [-0.2, -0.15) is 0 Å². The molecule has 24 heavy (non-hydrogen) atoms. The maximum atomic E-state index is 5.54. The number of H-pyrrole nitrogens is 1. The van der Waals surface area contributed by atoms with Crippen LogP contribution in [0.1, 0.15) is 22.9 Å². The average Bonchev–Trinajstić information content (AvgIpc) is 3.01. The number of benzene rings is 2. The van der Waals surface area contributed by atoms with Gasteiger partial charge in [0.15, 0.2) is 0 Å². The fourth-order valence-electron chi connectivity index (χ4n) is 3.70. The first-order valence-electron chi connectivity index (χ1n) is 8.34. The van der Waals surface area contributed by atoms with Crippen LogP contribution in [0.5, 0.6) is 11.5 Å². The maximum Gasteiger partial charge on any atom is 0.122 e. The van der Waals surface area contributed by atoms with Crippen molar-refractivity contribution < 1.29 is 9.47 Å². The van der Waals surface area contributed by atoms with Crippen LogP contribution in [-0.2, 0) is 12.8 Å². The highest BCUT2D eigenvalue weighted by Gasteiger charge is 2.25. The van der Waals surface area contributed by atoms with Crippen molar-refractivity contribution in [2.24, 2.45) is 0 Å². The van der Waals surface area contributed by atoms with E-state index >= 15 is 0 Å². The van der Waals surface area contributed by atoms with Gasteiger partial charge in [-0.1, -0.05) is 18.2 Å². The van der Waals surface area contributed by atoms with Crippen LogP contribution in [0.4, 0.5) is 0 Å². The largest absolute Gasteiger partial charge is 0.497 e. The third-order valence-corrected chi connectivity index (χ3v) is 4.87. The molecule has 4 rings (SSSR count). The van der Waals surface area contributed by atoms with Gasteiger partial charge >= 0.3 is 0 Å². The van der Waals surface area contributed by atoms with Crippen molar-refractivity contribution in [1.29, 1.82) is 0 Å². The number of nitrogens with one attached hydrogen (secondary N) is 2. The summed E-state index contributed by atoms with van der Waals surface area (Å²) in [6.07, 6.45) is 1.92. The Morgan fingerprint density at radius 2 is 1.96 bits per heavy atom. The summed E-state index contributed by atoms with van der Waals surface area (Å²) in [6, 6.07) is 14.8. The third kappa shape index (κ3) is 2.53. The Kier molecular flexibility index (Phi) is 3.90.